The molecule has 0 bridgehead atoms. The van der Waals surface area contributed by atoms with Crippen LogP contribution in [0.25, 0.3) is 0 Å². The molecule has 0 unspecified atom stereocenters. The number of carbonyl (C=O) groups is 1. The van der Waals surface area contributed by atoms with E-state index in [-0.39, 0.29) is 5.91 Å². The Balaban J connectivity index is 2.16. The van der Waals surface area contributed by atoms with Crippen molar-refractivity contribution >= 4 is 38.9 Å². The Kier molecular flexibility index (Phi) is 6.18. The molecule has 0 saturated carbocycles. The fourth-order valence-electron chi connectivity index (χ4n) is 1.94. The van der Waals surface area contributed by atoms with Crippen LogP contribution in [0.3, 0.4) is 0 Å². The van der Waals surface area contributed by atoms with Crippen molar-refractivity contribution in [2.45, 2.75) is 13.3 Å². The Morgan fingerprint density at radius 1 is 1.22 bits per heavy atom. The maximum Gasteiger partial charge on any atom is 0.271 e. The number of amides is 1. The van der Waals surface area contributed by atoms with Gasteiger partial charge in [0.05, 0.1) is 28.6 Å². The van der Waals surface area contributed by atoms with Crippen molar-refractivity contribution in [1.82, 2.24) is 5.43 Å². The summed E-state index contributed by atoms with van der Waals surface area (Å²) < 4.78 is 11.4. The summed E-state index contributed by atoms with van der Waals surface area (Å²) in [4.78, 5) is 13.3. The molecule has 0 saturated heterocycles. The van der Waals surface area contributed by atoms with E-state index < -0.39 is 0 Å². The minimum Gasteiger partial charge on any atom is -0.493 e. The molecule has 0 spiro atoms. The predicted octanol–water partition coefficient (Wildman–Crippen LogP) is 4.07. The molecule has 5 nitrogen and oxygen atoms in total. The van der Waals surface area contributed by atoms with Crippen LogP contribution in [0.1, 0.15) is 28.6 Å². The van der Waals surface area contributed by atoms with Crippen molar-refractivity contribution in [3.63, 3.8) is 0 Å². The van der Waals surface area contributed by atoms with Gasteiger partial charge in [-0.1, -0.05) is 6.92 Å². The molecule has 122 valence electrons. The van der Waals surface area contributed by atoms with Crippen molar-refractivity contribution < 1.29 is 14.3 Å². The lowest BCUT2D eigenvalue weighted by molar-refractivity contribution is 0.0954. The number of hydrogen-bond donors (Lipinski definition) is 1. The van der Waals surface area contributed by atoms with Gasteiger partial charge < -0.3 is 9.47 Å². The second-order valence-corrected chi connectivity index (χ2v) is 6.99. The van der Waals surface area contributed by atoms with Crippen LogP contribution in [0.2, 0.25) is 0 Å². The van der Waals surface area contributed by atoms with Crippen LogP contribution in [0.5, 0.6) is 11.5 Å². The number of ether oxygens (including phenoxy) is 2. The molecule has 0 radical (unpaired) electrons. The lowest BCUT2D eigenvalue weighted by atomic mass is 10.2. The highest BCUT2D eigenvalue weighted by Gasteiger charge is 2.11. The van der Waals surface area contributed by atoms with Crippen molar-refractivity contribution in [1.29, 1.82) is 0 Å². The largest absolute Gasteiger partial charge is 0.493 e. The summed E-state index contributed by atoms with van der Waals surface area (Å²) in [6.07, 6.45) is 0.721. The lowest BCUT2D eigenvalue weighted by Gasteiger charge is -2.09. The number of nitrogens with zero attached hydrogens (tertiary/aromatic N) is 1. The molecule has 2 rings (SSSR count). The first kappa shape index (κ1) is 17.5. The average molecular weight is 397 g/mol. The highest BCUT2D eigenvalue weighted by atomic mass is 79.9. The quantitative estimate of drug-likeness (QED) is 0.591. The standard InChI is InChI=1S/C16H17BrN2O3S/c1-4-11(14-7-8-15(17)23-14)18-19-16(20)10-5-6-12(21-2)13(9-10)22-3/h5-9H,4H2,1-3H3,(H,19,20). The van der Waals surface area contributed by atoms with E-state index >= 15 is 0 Å². The minimum absolute atomic E-state index is 0.299. The Morgan fingerprint density at radius 2 is 1.96 bits per heavy atom. The third-order valence-electron chi connectivity index (χ3n) is 3.13. The van der Waals surface area contributed by atoms with Crippen molar-refractivity contribution in [2.75, 3.05) is 14.2 Å². The van der Waals surface area contributed by atoms with E-state index in [0.717, 1.165) is 20.8 Å². The lowest BCUT2D eigenvalue weighted by Crippen LogP contribution is -2.19. The molecule has 0 aliphatic heterocycles. The van der Waals surface area contributed by atoms with Crippen LogP contribution in [0.4, 0.5) is 0 Å². The average Bonchev–Trinajstić information content (AvgIpc) is 3.00. The Labute approximate surface area is 147 Å². The molecular formula is C16H17BrN2O3S. The van der Waals surface area contributed by atoms with Crippen LogP contribution in [0, 0.1) is 0 Å². The summed E-state index contributed by atoms with van der Waals surface area (Å²) in [5.74, 6) is 0.778. The highest BCUT2D eigenvalue weighted by molar-refractivity contribution is 9.11. The van der Waals surface area contributed by atoms with Crippen LogP contribution >= 0.6 is 27.3 Å². The van der Waals surface area contributed by atoms with Gasteiger partial charge in [0.2, 0.25) is 0 Å². The van der Waals surface area contributed by atoms with E-state index in [1.54, 1.807) is 36.6 Å². The Hall–Kier alpha value is -1.86. The van der Waals surface area contributed by atoms with Gasteiger partial charge in [0.15, 0.2) is 11.5 Å². The number of carbonyl (C=O) groups excluding carboxylic acids is 1. The van der Waals surface area contributed by atoms with Gasteiger partial charge >= 0.3 is 0 Å². The number of nitrogens with one attached hydrogen (secondary N) is 1. The summed E-state index contributed by atoms with van der Waals surface area (Å²) >= 11 is 5.00. The zero-order valence-electron chi connectivity index (χ0n) is 13.1. The molecule has 2 aromatic rings. The van der Waals surface area contributed by atoms with E-state index in [0.29, 0.717) is 17.1 Å². The molecule has 23 heavy (non-hydrogen) atoms. The third-order valence-corrected chi connectivity index (χ3v) is 4.80. The summed E-state index contributed by atoms with van der Waals surface area (Å²) in [6, 6.07) is 8.91. The SMILES string of the molecule is CCC(=NNC(=O)c1ccc(OC)c(OC)c1)c1ccc(Br)s1. The fraction of sp³-hybridized carbons (Fsp3) is 0.250. The summed E-state index contributed by atoms with van der Waals surface area (Å²) in [5.41, 5.74) is 3.87. The summed E-state index contributed by atoms with van der Waals surface area (Å²) in [7, 11) is 3.08. The Bertz CT molecular complexity index is 728. The molecule has 1 heterocycles. The topological polar surface area (TPSA) is 59.9 Å². The van der Waals surface area contributed by atoms with Gasteiger partial charge in [0, 0.05) is 5.56 Å². The van der Waals surface area contributed by atoms with Crippen LogP contribution in [-0.4, -0.2) is 25.8 Å². The van der Waals surface area contributed by atoms with Gasteiger partial charge in [0.25, 0.3) is 5.91 Å². The number of hydrazone groups is 1. The maximum atomic E-state index is 12.2. The van der Waals surface area contributed by atoms with Gasteiger partial charge in [-0.15, -0.1) is 11.3 Å². The number of rotatable bonds is 6. The zero-order valence-corrected chi connectivity index (χ0v) is 15.5. The molecule has 1 N–H and O–H groups in total. The molecular weight excluding hydrogens is 380 g/mol. The van der Waals surface area contributed by atoms with Crippen molar-refractivity contribution in [2.24, 2.45) is 5.10 Å². The number of hydrogen-bond acceptors (Lipinski definition) is 5. The second-order valence-electron chi connectivity index (χ2n) is 4.53. The fourth-order valence-corrected chi connectivity index (χ4v) is 3.38. The second kappa shape index (κ2) is 8.12. The normalized spacial score (nSPS) is 11.2. The van der Waals surface area contributed by atoms with E-state index in [9.17, 15) is 4.79 Å². The van der Waals surface area contributed by atoms with Gasteiger partial charge in [0.1, 0.15) is 0 Å². The van der Waals surface area contributed by atoms with Gasteiger partial charge in [-0.05, 0) is 52.7 Å². The van der Waals surface area contributed by atoms with Crippen LogP contribution in [-0.2, 0) is 0 Å². The number of thiophene rings is 1. The van der Waals surface area contributed by atoms with E-state index in [2.05, 4.69) is 26.5 Å². The maximum absolute atomic E-state index is 12.2. The van der Waals surface area contributed by atoms with Crippen molar-refractivity contribution in [3.8, 4) is 11.5 Å². The van der Waals surface area contributed by atoms with Gasteiger partial charge in [-0.3, -0.25) is 4.79 Å². The summed E-state index contributed by atoms with van der Waals surface area (Å²) in [6.45, 7) is 2.00. The predicted molar refractivity (Wildman–Crippen MR) is 95.9 cm³/mol. The number of benzene rings is 1. The highest BCUT2D eigenvalue weighted by Crippen LogP contribution is 2.27. The molecule has 0 fully saturated rings. The third kappa shape index (κ3) is 4.33. The van der Waals surface area contributed by atoms with Gasteiger partial charge in [-0.25, -0.2) is 5.43 Å². The molecule has 0 aliphatic rings. The molecule has 0 aliphatic carbocycles. The van der Waals surface area contributed by atoms with Crippen LogP contribution < -0.4 is 14.9 Å². The summed E-state index contributed by atoms with van der Waals surface area (Å²) in [5, 5.41) is 4.23. The van der Waals surface area contributed by atoms with E-state index in [4.69, 9.17) is 9.47 Å². The Morgan fingerprint density at radius 3 is 2.52 bits per heavy atom. The minimum atomic E-state index is -0.299. The first-order valence-corrected chi connectivity index (χ1v) is 8.54. The van der Waals surface area contributed by atoms with Gasteiger partial charge in [-0.2, -0.15) is 5.10 Å². The molecule has 7 heteroatoms. The molecule has 1 amide bonds. The van der Waals surface area contributed by atoms with E-state index in [1.165, 1.54) is 7.11 Å². The zero-order chi connectivity index (χ0) is 16.8. The molecule has 0 atom stereocenters. The van der Waals surface area contributed by atoms with E-state index in [1.807, 2.05) is 19.1 Å². The number of halogens is 1. The van der Waals surface area contributed by atoms with Crippen molar-refractivity contribution in [3.05, 3.63) is 44.6 Å². The first-order valence-electron chi connectivity index (χ1n) is 6.93. The molecule has 1 aromatic carbocycles. The van der Waals surface area contributed by atoms with Crippen LogP contribution in [0.15, 0.2) is 39.2 Å². The molecule has 1 aromatic heterocycles. The monoisotopic (exact) mass is 396 g/mol. The first-order chi connectivity index (χ1) is 11.1. The number of methoxy groups -OCH3 is 2. The smallest absolute Gasteiger partial charge is 0.271 e.